The number of aliphatic hydroxyl groups is 2. The first-order valence-corrected chi connectivity index (χ1v) is 6.46. The second-order valence-electron chi connectivity index (χ2n) is 4.48. The summed E-state index contributed by atoms with van der Waals surface area (Å²) in [6.45, 7) is -0.266. The molecule has 0 amide bonds. The number of ether oxygens (including phenoxy) is 2. The molecule has 3 N–H and O–H groups in total. The molecule has 0 spiro atoms. The summed E-state index contributed by atoms with van der Waals surface area (Å²) >= 11 is 6.33. The van der Waals surface area contributed by atoms with Gasteiger partial charge in [0.1, 0.15) is 6.10 Å². The number of aromatic amines is 1. The van der Waals surface area contributed by atoms with Crippen LogP contribution in [0.1, 0.15) is 12.6 Å². The standard InChI is InChI=1S/C11H13ClN4O4/c1-19-11-15-10-8(13-4-14-10)9(12)16(11)7-2-5(18)6(3-17)20-7/h4-7,17-18H,2-3H2,1H3/p+1/t5-,6+,7?/m0/s1. The van der Waals surface area contributed by atoms with Crippen LogP contribution < -0.4 is 9.30 Å². The van der Waals surface area contributed by atoms with E-state index in [-0.39, 0.29) is 19.0 Å². The Bertz CT molecular complexity index is 634. The third kappa shape index (κ3) is 2.01. The Balaban J connectivity index is 2.08. The highest BCUT2D eigenvalue weighted by Gasteiger charge is 2.41. The van der Waals surface area contributed by atoms with Crippen LogP contribution in [-0.4, -0.2) is 51.1 Å². The molecule has 9 heteroatoms. The van der Waals surface area contributed by atoms with E-state index >= 15 is 0 Å². The van der Waals surface area contributed by atoms with Crippen LogP contribution in [0, 0.1) is 0 Å². The number of nitrogens with one attached hydrogen (secondary N) is 1. The van der Waals surface area contributed by atoms with E-state index in [1.165, 1.54) is 18.0 Å². The zero-order chi connectivity index (χ0) is 14.3. The second kappa shape index (κ2) is 5.13. The maximum absolute atomic E-state index is 9.83. The van der Waals surface area contributed by atoms with Gasteiger partial charge in [-0.1, -0.05) is 0 Å². The summed E-state index contributed by atoms with van der Waals surface area (Å²) in [5, 5.41) is 19.3. The predicted octanol–water partition coefficient (Wildman–Crippen LogP) is -0.452. The minimum atomic E-state index is -0.768. The fraction of sp³-hybridized carbons (Fsp3) is 0.545. The van der Waals surface area contributed by atoms with E-state index in [2.05, 4.69) is 15.0 Å². The van der Waals surface area contributed by atoms with Gasteiger partial charge in [-0.05, 0) is 11.6 Å². The van der Waals surface area contributed by atoms with E-state index < -0.39 is 18.4 Å². The van der Waals surface area contributed by atoms with Crippen molar-refractivity contribution in [3.8, 4) is 6.01 Å². The zero-order valence-electron chi connectivity index (χ0n) is 10.7. The van der Waals surface area contributed by atoms with Gasteiger partial charge in [0.05, 0.1) is 26.1 Å². The average Bonchev–Trinajstić information content (AvgIpc) is 3.04. The average molecular weight is 302 g/mol. The lowest BCUT2D eigenvalue weighted by Crippen LogP contribution is -2.43. The van der Waals surface area contributed by atoms with E-state index in [1.54, 1.807) is 0 Å². The Morgan fingerprint density at radius 1 is 1.65 bits per heavy atom. The summed E-state index contributed by atoms with van der Waals surface area (Å²) in [6.07, 6.45) is -0.215. The molecule has 20 heavy (non-hydrogen) atoms. The Hall–Kier alpha value is -1.48. The fourth-order valence-corrected chi connectivity index (χ4v) is 2.62. The summed E-state index contributed by atoms with van der Waals surface area (Å²) in [5.41, 5.74) is 0.985. The lowest BCUT2D eigenvalue weighted by atomic mass is 10.2. The molecule has 3 rings (SSSR count). The number of aromatic nitrogens is 4. The van der Waals surface area contributed by atoms with Gasteiger partial charge in [-0.15, -0.1) is 0 Å². The van der Waals surface area contributed by atoms with E-state index in [4.69, 9.17) is 26.2 Å². The van der Waals surface area contributed by atoms with Gasteiger partial charge in [-0.2, -0.15) is 9.55 Å². The van der Waals surface area contributed by atoms with Crippen LogP contribution in [0.3, 0.4) is 0 Å². The summed E-state index contributed by atoms with van der Waals surface area (Å²) in [4.78, 5) is 11.1. The molecule has 2 aromatic rings. The molecule has 1 aliphatic rings. The Morgan fingerprint density at radius 3 is 3.10 bits per heavy atom. The maximum atomic E-state index is 9.83. The van der Waals surface area contributed by atoms with E-state index in [1.807, 2.05) is 0 Å². The van der Waals surface area contributed by atoms with Gasteiger partial charge in [0.25, 0.3) is 0 Å². The topological polar surface area (TPSA) is 104 Å². The van der Waals surface area contributed by atoms with Crippen molar-refractivity contribution >= 4 is 22.8 Å². The van der Waals surface area contributed by atoms with Gasteiger partial charge in [0, 0.05) is 11.4 Å². The van der Waals surface area contributed by atoms with Crippen LogP contribution in [0.4, 0.5) is 0 Å². The van der Waals surface area contributed by atoms with Gasteiger partial charge in [0.2, 0.25) is 11.4 Å². The van der Waals surface area contributed by atoms with E-state index in [0.29, 0.717) is 16.3 Å². The van der Waals surface area contributed by atoms with Crippen molar-refractivity contribution in [2.24, 2.45) is 0 Å². The van der Waals surface area contributed by atoms with Crippen LogP contribution in [0.25, 0.3) is 11.2 Å². The highest BCUT2D eigenvalue weighted by Crippen LogP contribution is 2.29. The molecular formula is C11H14ClN4O4+. The first-order valence-electron chi connectivity index (χ1n) is 6.08. The van der Waals surface area contributed by atoms with Crippen molar-refractivity contribution in [3.05, 3.63) is 11.5 Å². The van der Waals surface area contributed by atoms with Gasteiger partial charge in [-0.25, -0.2) is 0 Å². The van der Waals surface area contributed by atoms with Crippen molar-refractivity contribution in [1.82, 2.24) is 15.0 Å². The number of aliphatic hydroxyl groups excluding tert-OH is 2. The quantitative estimate of drug-likeness (QED) is 0.524. The SMILES string of the molecule is COc1nc2nc[nH]c2c(Cl)[n+]1C1C[C@H](O)[C@@H](CO)O1. The number of methoxy groups -OCH3 is 1. The zero-order valence-corrected chi connectivity index (χ0v) is 11.4. The molecule has 8 nitrogen and oxygen atoms in total. The third-order valence-electron chi connectivity index (χ3n) is 3.30. The fourth-order valence-electron chi connectivity index (χ4n) is 2.30. The molecule has 0 bridgehead atoms. The predicted molar refractivity (Wildman–Crippen MR) is 67.3 cm³/mol. The molecule has 108 valence electrons. The lowest BCUT2D eigenvalue weighted by molar-refractivity contribution is -0.762. The summed E-state index contributed by atoms with van der Waals surface area (Å²) < 4.78 is 12.3. The molecule has 2 aromatic heterocycles. The molecule has 1 saturated heterocycles. The number of imidazole rings is 1. The highest BCUT2D eigenvalue weighted by molar-refractivity contribution is 6.32. The number of nitrogens with zero attached hydrogens (tertiary/aromatic N) is 3. The molecule has 1 unspecified atom stereocenters. The van der Waals surface area contributed by atoms with Crippen molar-refractivity contribution in [1.29, 1.82) is 0 Å². The van der Waals surface area contributed by atoms with Crippen molar-refractivity contribution in [2.45, 2.75) is 24.9 Å². The molecule has 0 aliphatic carbocycles. The minimum absolute atomic E-state index is 0.227. The van der Waals surface area contributed by atoms with Crippen molar-refractivity contribution < 1.29 is 24.3 Å². The Labute approximate surface area is 118 Å². The molecule has 1 aliphatic heterocycles. The molecule has 0 radical (unpaired) electrons. The van der Waals surface area contributed by atoms with Crippen LogP contribution in [0.5, 0.6) is 6.01 Å². The monoisotopic (exact) mass is 301 g/mol. The molecular weight excluding hydrogens is 288 g/mol. The van der Waals surface area contributed by atoms with Crippen LogP contribution >= 0.6 is 11.6 Å². The number of H-pyrrole nitrogens is 1. The highest BCUT2D eigenvalue weighted by atomic mass is 35.5. The van der Waals surface area contributed by atoms with Crippen LogP contribution in [-0.2, 0) is 4.74 Å². The summed E-state index contributed by atoms with van der Waals surface area (Å²) in [7, 11) is 1.46. The number of hydrogen-bond donors (Lipinski definition) is 3. The number of halogens is 1. The molecule has 3 atom stereocenters. The summed E-state index contributed by atoms with van der Waals surface area (Å²) in [5.74, 6) is 0. The van der Waals surface area contributed by atoms with E-state index in [0.717, 1.165) is 0 Å². The van der Waals surface area contributed by atoms with E-state index in [9.17, 15) is 5.11 Å². The molecule has 1 fully saturated rings. The first kappa shape index (κ1) is 13.5. The molecule has 0 aromatic carbocycles. The smallest absolute Gasteiger partial charge is 0.431 e. The molecule has 0 saturated carbocycles. The Morgan fingerprint density at radius 2 is 2.45 bits per heavy atom. The van der Waals surface area contributed by atoms with Gasteiger partial charge in [-0.3, -0.25) is 0 Å². The summed E-state index contributed by atoms with van der Waals surface area (Å²) in [6, 6.07) is 0.227. The normalized spacial score (nSPS) is 26.3. The van der Waals surface area contributed by atoms with Crippen LogP contribution in [0.2, 0.25) is 5.15 Å². The Kier molecular flexibility index (Phi) is 3.47. The van der Waals surface area contributed by atoms with Crippen LogP contribution in [0.15, 0.2) is 6.33 Å². The molecule has 3 heterocycles. The first-order chi connectivity index (χ1) is 9.65. The van der Waals surface area contributed by atoms with Crippen molar-refractivity contribution in [3.63, 3.8) is 0 Å². The third-order valence-corrected chi connectivity index (χ3v) is 3.67. The number of rotatable bonds is 3. The maximum Gasteiger partial charge on any atom is 0.503 e. The largest absolute Gasteiger partial charge is 0.503 e. The number of fused-ring (bicyclic) bond motifs is 1. The second-order valence-corrected chi connectivity index (χ2v) is 4.83. The van der Waals surface area contributed by atoms with Crippen molar-refractivity contribution in [2.75, 3.05) is 13.7 Å². The lowest BCUT2D eigenvalue weighted by Gasteiger charge is -2.12. The van der Waals surface area contributed by atoms with Gasteiger partial charge < -0.3 is 24.7 Å². The van der Waals surface area contributed by atoms with Gasteiger partial charge >= 0.3 is 11.7 Å². The number of hydrogen-bond acceptors (Lipinski definition) is 6. The minimum Gasteiger partial charge on any atom is -0.431 e. The van der Waals surface area contributed by atoms with Gasteiger partial charge in [0.15, 0.2) is 5.52 Å².